The van der Waals surface area contributed by atoms with Gasteiger partial charge in [-0.1, -0.05) is 22.9 Å². The molecule has 0 amide bonds. The monoisotopic (exact) mass is 302 g/mol. The number of ether oxygens (including phenoxy) is 1. The Bertz CT molecular complexity index is 385. The number of hydrogen-bond acceptors (Lipinski definition) is 4. The molecule has 0 atom stereocenters. The Balaban J connectivity index is 2.46. The van der Waals surface area contributed by atoms with Crippen molar-refractivity contribution in [2.45, 2.75) is 13.5 Å². The maximum absolute atomic E-state index is 10.5. The van der Waals surface area contributed by atoms with Crippen LogP contribution in [0.25, 0.3) is 0 Å². The van der Waals surface area contributed by atoms with Crippen LogP contribution in [0, 0.1) is 10.1 Å². The SMILES string of the molecule is CCNCCOCc1ccc([N+](=O)[O-])cc1Br. The molecule has 0 heterocycles. The number of hydrogen-bond donors (Lipinski definition) is 1. The first kappa shape index (κ1) is 14.1. The molecule has 0 saturated heterocycles. The van der Waals surface area contributed by atoms with Crippen LogP contribution >= 0.6 is 15.9 Å². The second kappa shape index (κ2) is 7.37. The molecule has 1 aromatic carbocycles. The van der Waals surface area contributed by atoms with Gasteiger partial charge in [0.05, 0.1) is 18.1 Å². The molecule has 1 aromatic rings. The van der Waals surface area contributed by atoms with Gasteiger partial charge in [0, 0.05) is 23.2 Å². The number of halogens is 1. The van der Waals surface area contributed by atoms with Crippen molar-refractivity contribution < 1.29 is 9.66 Å². The van der Waals surface area contributed by atoms with Gasteiger partial charge in [-0.3, -0.25) is 10.1 Å². The third kappa shape index (κ3) is 4.80. The van der Waals surface area contributed by atoms with Gasteiger partial charge in [0.15, 0.2) is 0 Å². The van der Waals surface area contributed by atoms with E-state index in [1.807, 2.05) is 6.92 Å². The smallest absolute Gasteiger partial charge is 0.270 e. The van der Waals surface area contributed by atoms with Crippen molar-refractivity contribution in [3.8, 4) is 0 Å². The van der Waals surface area contributed by atoms with Crippen LogP contribution in [0.2, 0.25) is 0 Å². The Labute approximate surface area is 108 Å². The van der Waals surface area contributed by atoms with Crippen LogP contribution in [-0.4, -0.2) is 24.6 Å². The first-order valence-corrected chi connectivity index (χ1v) is 6.15. The van der Waals surface area contributed by atoms with Crippen LogP contribution in [0.4, 0.5) is 5.69 Å². The van der Waals surface area contributed by atoms with Gasteiger partial charge < -0.3 is 10.1 Å². The van der Waals surface area contributed by atoms with Crippen LogP contribution in [0.3, 0.4) is 0 Å². The number of nitrogens with zero attached hydrogens (tertiary/aromatic N) is 1. The van der Waals surface area contributed by atoms with E-state index in [0.717, 1.165) is 18.7 Å². The average Bonchev–Trinajstić information content (AvgIpc) is 2.30. The number of likely N-dealkylation sites (N-methyl/N-ethyl adjacent to an activating group) is 1. The fraction of sp³-hybridized carbons (Fsp3) is 0.455. The van der Waals surface area contributed by atoms with Crippen molar-refractivity contribution >= 4 is 21.6 Å². The summed E-state index contributed by atoms with van der Waals surface area (Å²) >= 11 is 3.30. The van der Waals surface area contributed by atoms with Gasteiger partial charge in [-0.15, -0.1) is 0 Å². The van der Waals surface area contributed by atoms with E-state index in [4.69, 9.17) is 4.74 Å². The van der Waals surface area contributed by atoms with E-state index in [9.17, 15) is 10.1 Å². The maximum atomic E-state index is 10.5. The Kier molecular flexibility index (Phi) is 6.10. The number of nitrogens with one attached hydrogen (secondary N) is 1. The lowest BCUT2D eigenvalue weighted by molar-refractivity contribution is -0.384. The molecule has 5 nitrogen and oxygen atoms in total. The minimum atomic E-state index is -0.416. The van der Waals surface area contributed by atoms with Gasteiger partial charge in [-0.05, 0) is 18.2 Å². The van der Waals surface area contributed by atoms with E-state index < -0.39 is 4.92 Å². The van der Waals surface area contributed by atoms with Crippen molar-refractivity contribution in [1.82, 2.24) is 5.32 Å². The highest BCUT2D eigenvalue weighted by Crippen LogP contribution is 2.23. The average molecular weight is 303 g/mol. The third-order valence-corrected chi connectivity index (χ3v) is 2.92. The summed E-state index contributed by atoms with van der Waals surface area (Å²) in [6.45, 7) is 4.83. The van der Waals surface area contributed by atoms with Gasteiger partial charge in [0.1, 0.15) is 0 Å². The highest BCUT2D eigenvalue weighted by molar-refractivity contribution is 9.10. The largest absolute Gasteiger partial charge is 0.375 e. The van der Waals surface area contributed by atoms with Crippen LogP contribution in [0.1, 0.15) is 12.5 Å². The zero-order valence-corrected chi connectivity index (χ0v) is 11.2. The van der Waals surface area contributed by atoms with E-state index in [1.54, 1.807) is 6.07 Å². The standard InChI is InChI=1S/C11H15BrN2O3/c1-2-13-5-6-17-8-9-3-4-10(14(15)16)7-11(9)12/h3-4,7,13H,2,5-6,8H2,1H3. The summed E-state index contributed by atoms with van der Waals surface area (Å²) in [4.78, 5) is 10.1. The topological polar surface area (TPSA) is 64.4 Å². The molecule has 0 bridgehead atoms. The molecule has 0 aliphatic carbocycles. The summed E-state index contributed by atoms with van der Waals surface area (Å²) < 4.78 is 6.14. The number of nitro groups is 1. The summed E-state index contributed by atoms with van der Waals surface area (Å²) in [5.41, 5.74) is 0.986. The highest BCUT2D eigenvalue weighted by atomic mass is 79.9. The van der Waals surface area contributed by atoms with Crippen molar-refractivity contribution in [2.24, 2.45) is 0 Å². The molecule has 17 heavy (non-hydrogen) atoms. The van der Waals surface area contributed by atoms with Crippen LogP contribution < -0.4 is 5.32 Å². The molecule has 94 valence electrons. The molecule has 0 unspecified atom stereocenters. The molecule has 1 N–H and O–H groups in total. The lowest BCUT2D eigenvalue weighted by Crippen LogP contribution is -2.18. The van der Waals surface area contributed by atoms with Gasteiger partial charge in [-0.25, -0.2) is 0 Å². The summed E-state index contributed by atoms with van der Waals surface area (Å²) in [5, 5.41) is 13.7. The first-order chi connectivity index (χ1) is 8.15. The minimum Gasteiger partial charge on any atom is -0.375 e. The predicted molar refractivity (Wildman–Crippen MR) is 69.0 cm³/mol. The van der Waals surface area contributed by atoms with E-state index in [-0.39, 0.29) is 5.69 Å². The molecule has 0 spiro atoms. The van der Waals surface area contributed by atoms with E-state index in [1.165, 1.54) is 12.1 Å². The Morgan fingerprint density at radius 1 is 1.53 bits per heavy atom. The fourth-order valence-electron chi connectivity index (χ4n) is 1.27. The van der Waals surface area contributed by atoms with Crippen molar-refractivity contribution in [3.05, 3.63) is 38.3 Å². The third-order valence-electron chi connectivity index (χ3n) is 2.18. The van der Waals surface area contributed by atoms with Crippen LogP contribution in [0.5, 0.6) is 0 Å². The molecular formula is C11H15BrN2O3. The molecular weight excluding hydrogens is 288 g/mol. The van der Waals surface area contributed by atoms with Gasteiger partial charge in [0.2, 0.25) is 0 Å². The van der Waals surface area contributed by atoms with E-state index >= 15 is 0 Å². The highest BCUT2D eigenvalue weighted by Gasteiger charge is 2.08. The van der Waals surface area contributed by atoms with E-state index in [2.05, 4.69) is 21.2 Å². The number of nitro benzene ring substituents is 1. The van der Waals surface area contributed by atoms with Crippen molar-refractivity contribution in [1.29, 1.82) is 0 Å². The lowest BCUT2D eigenvalue weighted by Gasteiger charge is -2.06. The normalized spacial score (nSPS) is 10.5. The fourth-order valence-corrected chi connectivity index (χ4v) is 1.75. The van der Waals surface area contributed by atoms with Gasteiger partial charge in [-0.2, -0.15) is 0 Å². The molecule has 0 fully saturated rings. The molecule has 6 heteroatoms. The number of benzene rings is 1. The zero-order chi connectivity index (χ0) is 12.7. The Morgan fingerprint density at radius 3 is 2.88 bits per heavy atom. The van der Waals surface area contributed by atoms with Crippen LogP contribution in [0.15, 0.2) is 22.7 Å². The van der Waals surface area contributed by atoms with Gasteiger partial charge in [0.25, 0.3) is 5.69 Å². The molecule has 1 rings (SSSR count). The van der Waals surface area contributed by atoms with E-state index in [0.29, 0.717) is 17.7 Å². The Morgan fingerprint density at radius 2 is 2.29 bits per heavy atom. The number of rotatable bonds is 7. The Hall–Kier alpha value is -0.980. The second-order valence-electron chi connectivity index (χ2n) is 3.44. The predicted octanol–water partition coefficient (Wildman–Crippen LogP) is 2.48. The molecule has 0 aliphatic rings. The molecule has 0 aliphatic heterocycles. The molecule has 0 aromatic heterocycles. The zero-order valence-electron chi connectivity index (χ0n) is 9.61. The summed E-state index contributed by atoms with van der Waals surface area (Å²) in [7, 11) is 0. The van der Waals surface area contributed by atoms with Gasteiger partial charge >= 0.3 is 0 Å². The number of non-ortho nitro benzene ring substituents is 1. The second-order valence-corrected chi connectivity index (χ2v) is 4.29. The minimum absolute atomic E-state index is 0.0771. The quantitative estimate of drug-likeness (QED) is 0.477. The maximum Gasteiger partial charge on any atom is 0.270 e. The van der Waals surface area contributed by atoms with Crippen molar-refractivity contribution in [2.75, 3.05) is 19.7 Å². The summed E-state index contributed by atoms with van der Waals surface area (Å²) in [5.74, 6) is 0. The van der Waals surface area contributed by atoms with Crippen molar-refractivity contribution in [3.63, 3.8) is 0 Å². The van der Waals surface area contributed by atoms with Crippen LogP contribution in [-0.2, 0) is 11.3 Å². The lowest BCUT2D eigenvalue weighted by atomic mass is 10.2. The first-order valence-electron chi connectivity index (χ1n) is 5.36. The molecule has 0 saturated carbocycles. The molecule has 0 radical (unpaired) electrons. The summed E-state index contributed by atoms with van der Waals surface area (Å²) in [6.07, 6.45) is 0. The summed E-state index contributed by atoms with van der Waals surface area (Å²) in [6, 6.07) is 4.67.